The van der Waals surface area contributed by atoms with Gasteiger partial charge in [-0.15, -0.1) is 0 Å². The molecule has 1 N–H and O–H groups in total. The predicted molar refractivity (Wildman–Crippen MR) is 78.4 cm³/mol. The van der Waals surface area contributed by atoms with Crippen molar-refractivity contribution < 1.29 is 18.0 Å². The SMILES string of the molecule is CC1CN(C(=O)C(C)Cc2cccc(C(F)(F)F)c2)CCN1. The molecule has 0 bridgehead atoms. The highest BCUT2D eigenvalue weighted by molar-refractivity contribution is 5.79. The van der Waals surface area contributed by atoms with Crippen LogP contribution in [0.4, 0.5) is 13.2 Å². The first kappa shape index (κ1) is 16.8. The number of nitrogens with one attached hydrogen (secondary N) is 1. The second kappa shape index (κ2) is 6.69. The Morgan fingerprint density at radius 1 is 1.45 bits per heavy atom. The molecule has 22 heavy (non-hydrogen) atoms. The van der Waals surface area contributed by atoms with E-state index in [0.717, 1.165) is 18.7 Å². The van der Waals surface area contributed by atoms with Crippen LogP contribution in [-0.2, 0) is 17.4 Å². The lowest BCUT2D eigenvalue weighted by Crippen LogP contribution is -2.52. The molecule has 122 valence electrons. The smallest absolute Gasteiger partial charge is 0.340 e. The van der Waals surface area contributed by atoms with Crippen LogP contribution in [0.1, 0.15) is 25.0 Å². The van der Waals surface area contributed by atoms with Gasteiger partial charge in [0.1, 0.15) is 0 Å². The van der Waals surface area contributed by atoms with E-state index in [0.29, 0.717) is 25.1 Å². The summed E-state index contributed by atoms with van der Waals surface area (Å²) >= 11 is 0. The van der Waals surface area contributed by atoms with E-state index in [1.165, 1.54) is 6.07 Å². The molecular weight excluding hydrogens is 293 g/mol. The summed E-state index contributed by atoms with van der Waals surface area (Å²) in [6.07, 6.45) is -4.03. The van der Waals surface area contributed by atoms with Gasteiger partial charge in [-0.2, -0.15) is 13.2 Å². The topological polar surface area (TPSA) is 32.3 Å². The van der Waals surface area contributed by atoms with E-state index >= 15 is 0 Å². The molecule has 0 aliphatic carbocycles. The predicted octanol–water partition coefficient (Wildman–Crippen LogP) is 2.70. The zero-order valence-electron chi connectivity index (χ0n) is 12.8. The van der Waals surface area contributed by atoms with Gasteiger partial charge in [-0.25, -0.2) is 0 Å². The summed E-state index contributed by atoms with van der Waals surface area (Å²) < 4.78 is 38.1. The molecule has 1 aliphatic heterocycles. The maximum atomic E-state index is 12.7. The third-order valence-electron chi connectivity index (χ3n) is 3.90. The summed E-state index contributed by atoms with van der Waals surface area (Å²) in [6, 6.07) is 5.46. The second-order valence-corrected chi connectivity index (χ2v) is 5.94. The number of amides is 1. The Hall–Kier alpha value is -1.56. The molecule has 2 unspecified atom stereocenters. The Balaban J connectivity index is 2.02. The van der Waals surface area contributed by atoms with Crippen molar-refractivity contribution in [2.24, 2.45) is 5.92 Å². The quantitative estimate of drug-likeness (QED) is 0.930. The van der Waals surface area contributed by atoms with Crippen molar-refractivity contribution in [3.63, 3.8) is 0 Å². The minimum absolute atomic E-state index is 0.00533. The zero-order chi connectivity index (χ0) is 16.3. The molecule has 1 aliphatic rings. The normalized spacial score (nSPS) is 20.8. The molecule has 1 aromatic rings. The van der Waals surface area contributed by atoms with Crippen LogP contribution in [0.2, 0.25) is 0 Å². The number of carbonyl (C=O) groups excluding carboxylic acids is 1. The highest BCUT2D eigenvalue weighted by Crippen LogP contribution is 2.30. The van der Waals surface area contributed by atoms with E-state index in [9.17, 15) is 18.0 Å². The van der Waals surface area contributed by atoms with Crippen LogP contribution >= 0.6 is 0 Å². The van der Waals surface area contributed by atoms with Gasteiger partial charge in [-0.05, 0) is 25.0 Å². The average Bonchev–Trinajstić information content (AvgIpc) is 2.46. The summed E-state index contributed by atoms with van der Waals surface area (Å²) in [5.41, 5.74) is -0.126. The molecule has 0 radical (unpaired) electrons. The molecular formula is C16H21F3N2O. The fourth-order valence-corrected chi connectivity index (χ4v) is 2.76. The third-order valence-corrected chi connectivity index (χ3v) is 3.90. The van der Waals surface area contributed by atoms with Crippen molar-refractivity contribution in [1.82, 2.24) is 10.2 Å². The summed E-state index contributed by atoms with van der Waals surface area (Å²) in [7, 11) is 0. The van der Waals surface area contributed by atoms with Crippen molar-refractivity contribution in [3.8, 4) is 0 Å². The number of hydrogen-bond acceptors (Lipinski definition) is 2. The Bertz CT molecular complexity index is 530. The summed E-state index contributed by atoms with van der Waals surface area (Å²) in [5.74, 6) is -0.320. The third kappa shape index (κ3) is 4.22. The number of hydrogen-bond donors (Lipinski definition) is 1. The van der Waals surface area contributed by atoms with Crippen molar-refractivity contribution in [2.45, 2.75) is 32.5 Å². The van der Waals surface area contributed by atoms with Gasteiger partial charge in [0.2, 0.25) is 5.91 Å². The Labute approximate surface area is 128 Å². The molecule has 3 nitrogen and oxygen atoms in total. The van der Waals surface area contributed by atoms with Gasteiger partial charge in [0, 0.05) is 31.6 Å². The molecule has 0 saturated carbocycles. The lowest BCUT2D eigenvalue weighted by Gasteiger charge is -2.33. The standard InChI is InChI=1S/C16H21F3N2O/c1-11(15(22)21-7-6-20-12(2)10-21)8-13-4-3-5-14(9-13)16(17,18)19/h3-5,9,11-12,20H,6-8,10H2,1-2H3. The monoisotopic (exact) mass is 314 g/mol. The average molecular weight is 314 g/mol. The molecule has 1 saturated heterocycles. The molecule has 1 heterocycles. The summed E-state index contributed by atoms with van der Waals surface area (Å²) in [5, 5.41) is 3.26. The number of halogens is 3. The molecule has 1 amide bonds. The fourth-order valence-electron chi connectivity index (χ4n) is 2.76. The van der Waals surface area contributed by atoms with Crippen LogP contribution in [-0.4, -0.2) is 36.5 Å². The second-order valence-electron chi connectivity index (χ2n) is 5.94. The Kier molecular flexibility index (Phi) is 5.11. The number of piperazine rings is 1. The zero-order valence-corrected chi connectivity index (χ0v) is 12.8. The van der Waals surface area contributed by atoms with Gasteiger partial charge >= 0.3 is 6.18 Å². The van der Waals surface area contributed by atoms with Crippen LogP contribution in [0.15, 0.2) is 24.3 Å². The van der Waals surface area contributed by atoms with E-state index in [2.05, 4.69) is 5.32 Å². The lowest BCUT2D eigenvalue weighted by molar-refractivity contribution is -0.137. The van der Waals surface area contributed by atoms with Crippen molar-refractivity contribution in [3.05, 3.63) is 35.4 Å². The van der Waals surface area contributed by atoms with Gasteiger partial charge in [0.15, 0.2) is 0 Å². The van der Waals surface area contributed by atoms with Crippen molar-refractivity contribution in [1.29, 1.82) is 0 Å². The van der Waals surface area contributed by atoms with Crippen LogP contribution in [0.3, 0.4) is 0 Å². The van der Waals surface area contributed by atoms with Crippen LogP contribution in [0.25, 0.3) is 0 Å². The first-order valence-corrected chi connectivity index (χ1v) is 7.45. The van der Waals surface area contributed by atoms with Gasteiger partial charge in [-0.3, -0.25) is 4.79 Å². The molecule has 0 aromatic heterocycles. The minimum Gasteiger partial charge on any atom is -0.340 e. The number of carbonyl (C=O) groups is 1. The Morgan fingerprint density at radius 3 is 2.82 bits per heavy atom. The number of rotatable bonds is 3. The van der Waals surface area contributed by atoms with Crippen molar-refractivity contribution >= 4 is 5.91 Å². The maximum absolute atomic E-state index is 12.7. The van der Waals surface area contributed by atoms with E-state index in [4.69, 9.17) is 0 Å². The molecule has 2 rings (SSSR count). The highest BCUT2D eigenvalue weighted by atomic mass is 19.4. The summed E-state index contributed by atoms with van der Waals surface area (Å²) in [4.78, 5) is 14.2. The van der Waals surface area contributed by atoms with E-state index in [1.807, 2.05) is 6.92 Å². The van der Waals surface area contributed by atoms with Gasteiger partial charge in [0.25, 0.3) is 0 Å². The maximum Gasteiger partial charge on any atom is 0.416 e. The van der Waals surface area contributed by atoms with Gasteiger partial charge in [-0.1, -0.05) is 25.1 Å². The molecule has 2 atom stereocenters. The van der Waals surface area contributed by atoms with E-state index in [1.54, 1.807) is 17.9 Å². The van der Waals surface area contributed by atoms with Crippen molar-refractivity contribution in [2.75, 3.05) is 19.6 Å². The molecule has 6 heteroatoms. The first-order valence-electron chi connectivity index (χ1n) is 7.45. The molecule has 0 spiro atoms. The Morgan fingerprint density at radius 2 is 2.18 bits per heavy atom. The van der Waals surface area contributed by atoms with Crippen LogP contribution in [0, 0.1) is 5.92 Å². The largest absolute Gasteiger partial charge is 0.416 e. The van der Waals surface area contributed by atoms with Gasteiger partial charge < -0.3 is 10.2 Å². The number of nitrogens with zero attached hydrogens (tertiary/aromatic N) is 1. The number of alkyl halides is 3. The molecule has 1 fully saturated rings. The fraction of sp³-hybridized carbons (Fsp3) is 0.562. The van der Waals surface area contributed by atoms with E-state index in [-0.39, 0.29) is 17.9 Å². The highest BCUT2D eigenvalue weighted by Gasteiger charge is 2.31. The van der Waals surface area contributed by atoms with Gasteiger partial charge in [0.05, 0.1) is 5.56 Å². The lowest BCUT2D eigenvalue weighted by atomic mass is 9.97. The molecule has 1 aromatic carbocycles. The van der Waals surface area contributed by atoms with Crippen LogP contribution in [0.5, 0.6) is 0 Å². The minimum atomic E-state index is -4.35. The van der Waals surface area contributed by atoms with E-state index < -0.39 is 11.7 Å². The van der Waals surface area contributed by atoms with Crippen LogP contribution < -0.4 is 5.32 Å². The summed E-state index contributed by atoms with van der Waals surface area (Å²) in [6.45, 7) is 5.83. The number of benzene rings is 1. The first-order chi connectivity index (χ1) is 10.3.